The first-order chi connectivity index (χ1) is 7.50. The Kier molecular flexibility index (Phi) is 4.52. The van der Waals surface area contributed by atoms with Gasteiger partial charge in [-0.15, -0.1) is 0 Å². The van der Waals surface area contributed by atoms with Crippen LogP contribution in [0.25, 0.3) is 0 Å². The molecule has 0 aliphatic heterocycles. The van der Waals surface area contributed by atoms with Gasteiger partial charge in [-0.3, -0.25) is 9.59 Å². The summed E-state index contributed by atoms with van der Waals surface area (Å²) < 4.78 is 0. The van der Waals surface area contributed by atoms with Crippen LogP contribution in [0.2, 0.25) is 0 Å². The molecule has 1 fully saturated rings. The zero-order valence-electron chi connectivity index (χ0n) is 9.66. The van der Waals surface area contributed by atoms with Gasteiger partial charge in [-0.1, -0.05) is 18.6 Å². The summed E-state index contributed by atoms with van der Waals surface area (Å²) in [4.78, 5) is 22.6. The Hall–Kier alpha value is -1.32. The molecule has 0 radical (unpaired) electrons. The molecule has 2 unspecified atom stereocenters. The molecule has 1 aliphatic carbocycles. The monoisotopic (exact) mass is 225 g/mol. The topological polar surface area (TPSA) is 66.4 Å². The average molecular weight is 225 g/mol. The van der Waals surface area contributed by atoms with E-state index in [0.29, 0.717) is 19.4 Å². The van der Waals surface area contributed by atoms with Crippen molar-refractivity contribution in [2.75, 3.05) is 6.54 Å². The Labute approximate surface area is 95.7 Å². The number of rotatable bonds is 4. The lowest BCUT2D eigenvalue weighted by Gasteiger charge is -2.25. The minimum atomic E-state index is -0.780. The van der Waals surface area contributed by atoms with Crippen LogP contribution in [0.5, 0.6) is 0 Å². The SMILES string of the molecule is C=C(C)CNC(=O)C1CCCC(C(=O)O)C1. The van der Waals surface area contributed by atoms with Gasteiger partial charge in [0, 0.05) is 12.5 Å². The second-order valence-electron chi connectivity index (χ2n) is 4.57. The third-order valence-corrected chi connectivity index (χ3v) is 2.96. The van der Waals surface area contributed by atoms with Crippen LogP contribution in [0.4, 0.5) is 0 Å². The first-order valence-electron chi connectivity index (χ1n) is 5.65. The first-order valence-corrected chi connectivity index (χ1v) is 5.65. The summed E-state index contributed by atoms with van der Waals surface area (Å²) in [6.07, 6.45) is 2.78. The highest BCUT2D eigenvalue weighted by Crippen LogP contribution is 2.29. The van der Waals surface area contributed by atoms with Gasteiger partial charge >= 0.3 is 5.97 Å². The summed E-state index contributed by atoms with van der Waals surface area (Å²) in [6, 6.07) is 0. The van der Waals surface area contributed by atoms with Gasteiger partial charge in [0.15, 0.2) is 0 Å². The molecular formula is C12H19NO3. The van der Waals surface area contributed by atoms with E-state index in [2.05, 4.69) is 11.9 Å². The highest BCUT2D eigenvalue weighted by molar-refractivity contribution is 5.80. The van der Waals surface area contributed by atoms with Crippen molar-refractivity contribution in [3.05, 3.63) is 12.2 Å². The van der Waals surface area contributed by atoms with Crippen molar-refractivity contribution in [3.8, 4) is 0 Å². The molecule has 90 valence electrons. The molecule has 1 rings (SSSR count). The molecule has 2 atom stereocenters. The first kappa shape index (κ1) is 12.7. The zero-order chi connectivity index (χ0) is 12.1. The van der Waals surface area contributed by atoms with Gasteiger partial charge < -0.3 is 10.4 Å². The fourth-order valence-corrected chi connectivity index (χ4v) is 2.03. The molecule has 0 aromatic heterocycles. The summed E-state index contributed by atoms with van der Waals surface area (Å²) >= 11 is 0. The summed E-state index contributed by atoms with van der Waals surface area (Å²) in [5, 5.41) is 11.7. The Balaban J connectivity index is 2.43. The van der Waals surface area contributed by atoms with Gasteiger partial charge in [-0.05, 0) is 26.2 Å². The second-order valence-corrected chi connectivity index (χ2v) is 4.57. The molecule has 4 heteroatoms. The van der Waals surface area contributed by atoms with E-state index in [1.54, 1.807) is 0 Å². The predicted molar refractivity (Wildman–Crippen MR) is 60.9 cm³/mol. The maximum absolute atomic E-state index is 11.7. The van der Waals surface area contributed by atoms with Gasteiger partial charge in [0.25, 0.3) is 0 Å². The second kappa shape index (κ2) is 5.68. The molecule has 0 saturated heterocycles. The molecule has 1 saturated carbocycles. The molecule has 0 aromatic rings. The number of hydrogen-bond acceptors (Lipinski definition) is 2. The van der Waals surface area contributed by atoms with Crippen LogP contribution in [0.3, 0.4) is 0 Å². The molecule has 4 nitrogen and oxygen atoms in total. The van der Waals surface area contributed by atoms with E-state index >= 15 is 0 Å². The third-order valence-electron chi connectivity index (χ3n) is 2.96. The Morgan fingerprint density at radius 2 is 2.00 bits per heavy atom. The van der Waals surface area contributed by atoms with Crippen LogP contribution in [-0.2, 0) is 9.59 Å². The summed E-state index contributed by atoms with van der Waals surface area (Å²) in [5.74, 6) is -1.31. The minimum Gasteiger partial charge on any atom is -0.481 e. The number of carbonyl (C=O) groups is 2. The predicted octanol–water partition coefficient (Wildman–Crippen LogP) is 1.57. The Morgan fingerprint density at radius 1 is 1.38 bits per heavy atom. The van der Waals surface area contributed by atoms with Gasteiger partial charge in [0.05, 0.1) is 5.92 Å². The fraction of sp³-hybridized carbons (Fsp3) is 0.667. The van der Waals surface area contributed by atoms with Gasteiger partial charge in [0.1, 0.15) is 0 Å². The van der Waals surface area contributed by atoms with E-state index in [-0.39, 0.29) is 17.7 Å². The number of carboxylic acid groups (broad SMARTS) is 1. The van der Waals surface area contributed by atoms with Crippen LogP contribution in [0, 0.1) is 11.8 Å². The minimum absolute atomic E-state index is 0.0334. The normalized spacial score (nSPS) is 24.8. The van der Waals surface area contributed by atoms with E-state index in [4.69, 9.17) is 5.11 Å². The molecular weight excluding hydrogens is 206 g/mol. The maximum Gasteiger partial charge on any atom is 0.306 e. The lowest BCUT2D eigenvalue weighted by Crippen LogP contribution is -2.36. The molecule has 0 spiro atoms. The summed E-state index contributed by atoms with van der Waals surface area (Å²) in [6.45, 7) is 6.03. The molecule has 2 N–H and O–H groups in total. The highest BCUT2D eigenvalue weighted by Gasteiger charge is 2.30. The van der Waals surface area contributed by atoms with Crippen molar-refractivity contribution in [3.63, 3.8) is 0 Å². The van der Waals surface area contributed by atoms with Crippen LogP contribution < -0.4 is 5.32 Å². The molecule has 1 aliphatic rings. The number of carbonyl (C=O) groups excluding carboxylic acids is 1. The van der Waals surface area contributed by atoms with Gasteiger partial charge in [-0.25, -0.2) is 0 Å². The number of aliphatic carboxylic acids is 1. The Morgan fingerprint density at radius 3 is 2.56 bits per heavy atom. The number of nitrogens with one attached hydrogen (secondary N) is 1. The van der Waals surface area contributed by atoms with Crippen molar-refractivity contribution in [2.24, 2.45) is 11.8 Å². The average Bonchev–Trinajstić information content (AvgIpc) is 2.26. The van der Waals surface area contributed by atoms with Crippen LogP contribution >= 0.6 is 0 Å². The van der Waals surface area contributed by atoms with E-state index < -0.39 is 5.97 Å². The lowest BCUT2D eigenvalue weighted by atomic mass is 9.81. The van der Waals surface area contributed by atoms with Crippen molar-refractivity contribution >= 4 is 11.9 Å². The van der Waals surface area contributed by atoms with Crippen molar-refractivity contribution < 1.29 is 14.7 Å². The van der Waals surface area contributed by atoms with E-state index in [1.807, 2.05) is 6.92 Å². The van der Waals surface area contributed by atoms with E-state index in [0.717, 1.165) is 18.4 Å². The lowest BCUT2D eigenvalue weighted by molar-refractivity contribution is -0.144. The highest BCUT2D eigenvalue weighted by atomic mass is 16.4. The van der Waals surface area contributed by atoms with Crippen LogP contribution in [-0.4, -0.2) is 23.5 Å². The molecule has 1 amide bonds. The van der Waals surface area contributed by atoms with Crippen LogP contribution in [0.15, 0.2) is 12.2 Å². The number of hydrogen-bond donors (Lipinski definition) is 2. The number of amides is 1. The molecule has 0 heterocycles. The Bertz CT molecular complexity index is 299. The van der Waals surface area contributed by atoms with Crippen molar-refractivity contribution in [2.45, 2.75) is 32.6 Å². The summed E-state index contributed by atoms with van der Waals surface area (Å²) in [5.41, 5.74) is 0.902. The van der Waals surface area contributed by atoms with Gasteiger partial charge in [-0.2, -0.15) is 0 Å². The molecule has 16 heavy (non-hydrogen) atoms. The largest absolute Gasteiger partial charge is 0.481 e. The van der Waals surface area contributed by atoms with Crippen molar-refractivity contribution in [1.29, 1.82) is 0 Å². The summed E-state index contributed by atoms with van der Waals surface area (Å²) in [7, 11) is 0. The standard InChI is InChI=1S/C12H19NO3/c1-8(2)7-13-11(14)9-4-3-5-10(6-9)12(15)16/h9-10H,1,3-7H2,2H3,(H,13,14)(H,15,16). The molecule has 0 aromatic carbocycles. The third kappa shape index (κ3) is 3.68. The smallest absolute Gasteiger partial charge is 0.306 e. The fourth-order valence-electron chi connectivity index (χ4n) is 2.03. The number of carboxylic acids is 1. The van der Waals surface area contributed by atoms with E-state index in [9.17, 15) is 9.59 Å². The van der Waals surface area contributed by atoms with Gasteiger partial charge in [0.2, 0.25) is 5.91 Å². The van der Waals surface area contributed by atoms with E-state index in [1.165, 1.54) is 0 Å². The van der Waals surface area contributed by atoms with Crippen LogP contribution in [0.1, 0.15) is 32.6 Å². The zero-order valence-corrected chi connectivity index (χ0v) is 9.66. The van der Waals surface area contributed by atoms with Crippen molar-refractivity contribution in [1.82, 2.24) is 5.32 Å². The molecule has 0 bridgehead atoms. The maximum atomic E-state index is 11.7. The quantitative estimate of drug-likeness (QED) is 0.714.